The van der Waals surface area contributed by atoms with Crippen LogP contribution in [-0.4, -0.2) is 12.3 Å². The lowest BCUT2D eigenvalue weighted by atomic mass is 9.84. The third-order valence-corrected chi connectivity index (χ3v) is 3.90. The van der Waals surface area contributed by atoms with Gasteiger partial charge in [0.25, 0.3) is 0 Å². The van der Waals surface area contributed by atoms with Crippen molar-refractivity contribution in [1.29, 1.82) is 0 Å². The average Bonchev–Trinajstić information content (AvgIpc) is 2.46. The highest BCUT2D eigenvalue weighted by Gasteiger charge is 2.22. The Hall–Kier alpha value is -1.71. The van der Waals surface area contributed by atoms with Crippen molar-refractivity contribution >= 4 is 17.4 Å². The molecule has 2 aromatic rings. The summed E-state index contributed by atoms with van der Waals surface area (Å²) in [4.78, 5) is 11.8. The van der Waals surface area contributed by atoms with Gasteiger partial charge in [-0.05, 0) is 29.2 Å². The van der Waals surface area contributed by atoms with Crippen molar-refractivity contribution in [3.8, 4) is 11.1 Å². The van der Waals surface area contributed by atoms with Crippen LogP contribution < -0.4 is 5.73 Å². The number of carbonyl (C=O) groups is 1. The van der Waals surface area contributed by atoms with Gasteiger partial charge in [0.05, 0.1) is 6.54 Å². The monoisotopic (exact) mass is 319 g/mol. The maximum absolute atomic E-state index is 14.9. The van der Waals surface area contributed by atoms with E-state index < -0.39 is 0 Å². The van der Waals surface area contributed by atoms with E-state index in [0.717, 1.165) is 0 Å². The van der Waals surface area contributed by atoms with Crippen molar-refractivity contribution in [2.45, 2.75) is 26.2 Å². The van der Waals surface area contributed by atoms with Crippen LogP contribution in [0.25, 0.3) is 11.1 Å². The fraction of sp³-hybridized carbons (Fsp3) is 0.278. The standard InChI is InChI=1S/C18H19ClFNO/c1-18(2,3)14-6-4-5-12(17(14)20)13-9-11(16(22)10-21)7-8-15(13)19/h4-9H,10,21H2,1-3H3. The first-order chi connectivity index (χ1) is 10.3. The Bertz CT molecular complexity index is 720. The molecule has 116 valence electrons. The molecule has 0 aliphatic heterocycles. The minimum Gasteiger partial charge on any atom is -0.324 e. The SMILES string of the molecule is CC(C)(C)c1cccc(-c2cc(C(=O)CN)ccc2Cl)c1F. The Labute approximate surface area is 135 Å². The van der Waals surface area contributed by atoms with Crippen molar-refractivity contribution < 1.29 is 9.18 Å². The average molecular weight is 320 g/mol. The number of carbonyl (C=O) groups excluding carboxylic acids is 1. The van der Waals surface area contributed by atoms with E-state index in [4.69, 9.17) is 17.3 Å². The molecule has 0 heterocycles. The summed E-state index contributed by atoms with van der Waals surface area (Å²) in [5.74, 6) is -0.514. The van der Waals surface area contributed by atoms with Gasteiger partial charge in [0.15, 0.2) is 5.78 Å². The van der Waals surface area contributed by atoms with Crippen LogP contribution in [-0.2, 0) is 5.41 Å². The minimum atomic E-state index is -0.322. The largest absolute Gasteiger partial charge is 0.324 e. The van der Waals surface area contributed by atoms with Crippen LogP contribution in [0.1, 0.15) is 36.7 Å². The zero-order chi connectivity index (χ0) is 16.5. The molecule has 0 aliphatic carbocycles. The molecule has 0 fully saturated rings. The first-order valence-corrected chi connectivity index (χ1v) is 7.45. The highest BCUT2D eigenvalue weighted by Crippen LogP contribution is 2.35. The number of halogens is 2. The molecule has 0 saturated carbocycles. The number of Topliss-reactive ketones (excluding diaryl/α,β-unsaturated/α-hetero) is 1. The molecule has 0 unspecified atom stereocenters. The van der Waals surface area contributed by atoms with E-state index >= 15 is 0 Å². The van der Waals surface area contributed by atoms with Gasteiger partial charge in [-0.25, -0.2) is 4.39 Å². The Kier molecular flexibility index (Phi) is 4.69. The molecule has 0 amide bonds. The number of benzene rings is 2. The van der Waals surface area contributed by atoms with Crippen LogP contribution in [0, 0.1) is 5.82 Å². The Morgan fingerprint density at radius 1 is 1.18 bits per heavy atom. The van der Waals surface area contributed by atoms with Crippen LogP contribution in [0.2, 0.25) is 5.02 Å². The second-order valence-electron chi connectivity index (χ2n) is 6.24. The number of ketones is 1. The molecule has 2 nitrogen and oxygen atoms in total. The van der Waals surface area contributed by atoms with Crippen molar-refractivity contribution in [1.82, 2.24) is 0 Å². The van der Waals surface area contributed by atoms with Gasteiger partial charge >= 0.3 is 0 Å². The molecule has 2 rings (SSSR count). The van der Waals surface area contributed by atoms with Gasteiger partial charge < -0.3 is 5.73 Å². The van der Waals surface area contributed by atoms with Gasteiger partial charge in [0, 0.05) is 21.7 Å². The lowest BCUT2D eigenvalue weighted by Gasteiger charge is -2.21. The Morgan fingerprint density at radius 2 is 1.86 bits per heavy atom. The van der Waals surface area contributed by atoms with E-state index in [0.29, 0.717) is 27.3 Å². The maximum Gasteiger partial charge on any atom is 0.176 e. The molecule has 4 heteroatoms. The Balaban J connectivity index is 2.64. The molecular formula is C18H19ClFNO. The summed E-state index contributed by atoms with van der Waals surface area (Å²) in [6, 6.07) is 10.0. The summed E-state index contributed by atoms with van der Waals surface area (Å²) < 4.78 is 14.9. The number of nitrogens with two attached hydrogens (primary N) is 1. The summed E-state index contributed by atoms with van der Waals surface area (Å²) in [6.07, 6.45) is 0. The van der Waals surface area contributed by atoms with Crippen LogP contribution in [0.3, 0.4) is 0 Å². The molecular weight excluding hydrogens is 301 g/mol. The number of hydrogen-bond donors (Lipinski definition) is 1. The minimum absolute atomic E-state index is 0.0917. The lowest BCUT2D eigenvalue weighted by Crippen LogP contribution is -2.14. The van der Waals surface area contributed by atoms with Gasteiger partial charge in [-0.15, -0.1) is 0 Å². The van der Waals surface area contributed by atoms with Crippen molar-refractivity contribution in [3.05, 3.63) is 58.4 Å². The number of hydrogen-bond acceptors (Lipinski definition) is 2. The van der Waals surface area contributed by atoms with E-state index in [1.54, 1.807) is 36.4 Å². The second kappa shape index (κ2) is 6.19. The van der Waals surface area contributed by atoms with Gasteiger partial charge in [-0.1, -0.05) is 50.6 Å². The van der Waals surface area contributed by atoms with E-state index in [9.17, 15) is 9.18 Å². The van der Waals surface area contributed by atoms with Crippen molar-refractivity contribution in [2.24, 2.45) is 5.73 Å². The molecule has 0 radical (unpaired) electrons. The molecule has 2 aromatic carbocycles. The predicted octanol–water partition coefficient (Wildman–Crippen LogP) is 4.59. The quantitative estimate of drug-likeness (QED) is 0.841. The van der Waals surface area contributed by atoms with Gasteiger partial charge in [-0.3, -0.25) is 4.79 Å². The fourth-order valence-corrected chi connectivity index (χ4v) is 2.56. The smallest absolute Gasteiger partial charge is 0.176 e. The molecule has 0 spiro atoms. The van der Waals surface area contributed by atoms with E-state index in [-0.39, 0.29) is 23.6 Å². The first kappa shape index (κ1) is 16.7. The van der Waals surface area contributed by atoms with Crippen molar-refractivity contribution in [3.63, 3.8) is 0 Å². The number of rotatable bonds is 3. The van der Waals surface area contributed by atoms with Gasteiger partial charge in [-0.2, -0.15) is 0 Å². The first-order valence-electron chi connectivity index (χ1n) is 7.08. The molecule has 0 atom stereocenters. The maximum atomic E-state index is 14.9. The van der Waals surface area contributed by atoms with E-state index in [1.807, 2.05) is 20.8 Å². The molecule has 0 aliphatic rings. The highest BCUT2D eigenvalue weighted by molar-refractivity contribution is 6.33. The molecule has 0 aromatic heterocycles. The summed E-state index contributed by atoms with van der Waals surface area (Å²) in [5, 5.41) is 0.401. The normalized spacial score (nSPS) is 11.5. The fourth-order valence-electron chi connectivity index (χ4n) is 2.34. The molecule has 2 N–H and O–H groups in total. The third kappa shape index (κ3) is 3.21. The zero-order valence-electron chi connectivity index (χ0n) is 12.9. The van der Waals surface area contributed by atoms with Gasteiger partial charge in [0.2, 0.25) is 0 Å². The highest BCUT2D eigenvalue weighted by atomic mass is 35.5. The van der Waals surface area contributed by atoms with Crippen LogP contribution >= 0.6 is 11.6 Å². The predicted molar refractivity (Wildman–Crippen MR) is 88.9 cm³/mol. The summed E-state index contributed by atoms with van der Waals surface area (Å²) in [5.41, 5.74) is 7.00. The molecule has 0 bridgehead atoms. The topological polar surface area (TPSA) is 43.1 Å². The molecule has 0 saturated heterocycles. The van der Waals surface area contributed by atoms with Crippen molar-refractivity contribution in [2.75, 3.05) is 6.54 Å². The van der Waals surface area contributed by atoms with E-state index in [2.05, 4.69) is 0 Å². The van der Waals surface area contributed by atoms with Crippen LogP contribution in [0.5, 0.6) is 0 Å². The zero-order valence-corrected chi connectivity index (χ0v) is 13.7. The molecule has 22 heavy (non-hydrogen) atoms. The third-order valence-electron chi connectivity index (χ3n) is 3.57. The van der Waals surface area contributed by atoms with Crippen LogP contribution in [0.15, 0.2) is 36.4 Å². The van der Waals surface area contributed by atoms with Gasteiger partial charge in [0.1, 0.15) is 5.82 Å². The van der Waals surface area contributed by atoms with E-state index in [1.165, 1.54) is 0 Å². The van der Waals surface area contributed by atoms with Crippen LogP contribution in [0.4, 0.5) is 4.39 Å². The lowest BCUT2D eigenvalue weighted by molar-refractivity contribution is 0.100. The summed E-state index contributed by atoms with van der Waals surface area (Å²) >= 11 is 6.21. The second-order valence-corrected chi connectivity index (χ2v) is 6.65. The summed E-state index contributed by atoms with van der Waals surface area (Å²) in [7, 11) is 0. The summed E-state index contributed by atoms with van der Waals surface area (Å²) in [6.45, 7) is 5.76. The Morgan fingerprint density at radius 3 is 2.45 bits per heavy atom.